The normalized spacial score (nSPS) is 22.2. The first-order chi connectivity index (χ1) is 7.98. The molecule has 0 radical (unpaired) electrons. The molecule has 1 fully saturated rings. The van der Waals surface area contributed by atoms with Gasteiger partial charge in [-0.15, -0.1) is 0 Å². The maximum atomic E-state index is 12.4. The molecular weight excluding hydrogens is 266 g/mol. The third-order valence-corrected chi connectivity index (χ3v) is 5.39. The number of aromatic nitrogens is 2. The Bertz CT molecular complexity index is 494. The van der Waals surface area contributed by atoms with Crippen molar-refractivity contribution < 1.29 is 13.5 Å². The van der Waals surface area contributed by atoms with Crippen molar-refractivity contribution in [2.24, 2.45) is 7.05 Å². The zero-order valence-corrected chi connectivity index (χ0v) is 10.9. The van der Waals surface area contributed by atoms with E-state index in [1.54, 1.807) is 0 Å². The molecule has 1 aromatic rings. The zero-order valence-electron chi connectivity index (χ0n) is 9.37. The van der Waals surface area contributed by atoms with Gasteiger partial charge in [-0.1, -0.05) is 11.6 Å². The summed E-state index contributed by atoms with van der Waals surface area (Å²) in [5, 5.41) is 13.1. The molecule has 2 heterocycles. The number of hydrogen-bond donors (Lipinski definition) is 1. The molecule has 1 unspecified atom stereocenters. The van der Waals surface area contributed by atoms with Gasteiger partial charge in [0.15, 0.2) is 5.03 Å². The Morgan fingerprint density at radius 1 is 1.65 bits per heavy atom. The van der Waals surface area contributed by atoms with Crippen molar-refractivity contribution in [3.05, 3.63) is 11.2 Å². The summed E-state index contributed by atoms with van der Waals surface area (Å²) in [6, 6.07) is -0.356. The van der Waals surface area contributed by atoms with E-state index in [1.165, 1.54) is 22.2 Å². The van der Waals surface area contributed by atoms with E-state index < -0.39 is 10.0 Å². The highest BCUT2D eigenvalue weighted by molar-refractivity contribution is 7.89. The average molecular weight is 280 g/mol. The quantitative estimate of drug-likeness (QED) is 0.859. The van der Waals surface area contributed by atoms with Crippen LogP contribution in [-0.4, -0.2) is 46.8 Å². The van der Waals surface area contributed by atoms with Crippen molar-refractivity contribution in [2.75, 3.05) is 13.2 Å². The van der Waals surface area contributed by atoms with Crippen LogP contribution in [0.25, 0.3) is 0 Å². The van der Waals surface area contributed by atoms with Crippen LogP contribution >= 0.6 is 11.6 Å². The molecule has 1 aliphatic rings. The largest absolute Gasteiger partial charge is 0.395 e. The number of rotatable bonds is 3. The van der Waals surface area contributed by atoms with Gasteiger partial charge in [-0.3, -0.25) is 4.68 Å². The zero-order chi connectivity index (χ0) is 12.6. The molecule has 1 aromatic heterocycles. The SMILES string of the molecule is Cn1ncc(Cl)c1S(=O)(=O)N1CCCC1CO. The molecular formula is C9H14ClN3O3S. The summed E-state index contributed by atoms with van der Waals surface area (Å²) in [7, 11) is -2.15. The lowest BCUT2D eigenvalue weighted by atomic mass is 10.2. The molecule has 1 aliphatic heterocycles. The van der Waals surface area contributed by atoms with Gasteiger partial charge in [0.2, 0.25) is 0 Å². The average Bonchev–Trinajstić information content (AvgIpc) is 2.85. The van der Waals surface area contributed by atoms with E-state index in [0.29, 0.717) is 13.0 Å². The van der Waals surface area contributed by atoms with Crippen LogP contribution in [0, 0.1) is 0 Å². The molecule has 0 bridgehead atoms. The first-order valence-corrected chi connectivity index (χ1v) is 7.10. The van der Waals surface area contributed by atoms with Gasteiger partial charge in [-0.25, -0.2) is 8.42 Å². The molecule has 6 nitrogen and oxygen atoms in total. The molecule has 0 aromatic carbocycles. The third kappa shape index (κ3) is 2.08. The van der Waals surface area contributed by atoms with Crippen molar-refractivity contribution >= 4 is 21.6 Å². The Labute approximate surface area is 105 Å². The van der Waals surface area contributed by atoms with Crippen LogP contribution in [0.5, 0.6) is 0 Å². The first kappa shape index (κ1) is 12.8. The Balaban J connectivity index is 2.43. The molecule has 96 valence electrons. The molecule has 0 amide bonds. The van der Waals surface area contributed by atoms with Crippen LogP contribution in [0.1, 0.15) is 12.8 Å². The van der Waals surface area contributed by atoms with E-state index in [9.17, 15) is 13.5 Å². The highest BCUT2D eigenvalue weighted by Crippen LogP contribution is 2.29. The first-order valence-electron chi connectivity index (χ1n) is 5.28. The lowest BCUT2D eigenvalue weighted by Gasteiger charge is -2.22. The molecule has 17 heavy (non-hydrogen) atoms. The van der Waals surface area contributed by atoms with Gasteiger partial charge in [0.1, 0.15) is 0 Å². The molecule has 2 rings (SSSR count). The third-order valence-electron chi connectivity index (χ3n) is 2.93. The van der Waals surface area contributed by atoms with Gasteiger partial charge in [-0.05, 0) is 12.8 Å². The van der Waals surface area contributed by atoms with E-state index in [1.807, 2.05) is 0 Å². The lowest BCUT2D eigenvalue weighted by Crippen LogP contribution is -2.38. The topological polar surface area (TPSA) is 75.4 Å². The number of halogens is 1. The summed E-state index contributed by atoms with van der Waals surface area (Å²) in [5.74, 6) is 0. The second kappa shape index (κ2) is 4.56. The van der Waals surface area contributed by atoms with E-state index in [4.69, 9.17) is 11.6 Å². The van der Waals surface area contributed by atoms with E-state index in [-0.39, 0.29) is 22.7 Å². The van der Waals surface area contributed by atoms with Crippen LogP contribution in [0.15, 0.2) is 11.2 Å². The highest BCUT2D eigenvalue weighted by atomic mass is 35.5. The minimum atomic E-state index is -3.68. The fourth-order valence-electron chi connectivity index (χ4n) is 2.11. The van der Waals surface area contributed by atoms with Crippen molar-refractivity contribution in [1.29, 1.82) is 0 Å². The Morgan fingerprint density at radius 2 is 2.35 bits per heavy atom. The van der Waals surface area contributed by atoms with Gasteiger partial charge in [0.05, 0.1) is 17.8 Å². The molecule has 0 spiro atoms. The molecule has 1 saturated heterocycles. The molecule has 0 aliphatic carbocycles. The lowest BCUT2D eigenvalue weighted by molar-refractivity contribution is 0.213. The number of nitrogens with zero attached hydrogens (tertiary/aromatic N) is 3. The number of aliphatic hydroxyl groups excluding tert-OH is 1. The van der Waals surface area contributed by atoms with Crippen LogP contribution in [0.4, 0.5) is 0 Å². The number of hydrogen-bond acceptors (Lipinski definition) is 4. The smallest absolute Gasteiger partial charge is 0.262 e. The standard InChI is InChI=1S/C9H14ClN3O3S/c1-12-9(8(10)5-11-12)17(15,16)13-4-2-3-7(13)6-14/h5,7,14H,2-4,6H2,1H3. The van der Waals surface area contributed by atoms with E-state index in [2.05, 4.69) is 5.10 Å². The molecule has 1 atom stereocenters. The summed E-state index contributed by atoms with van der Waals surface area (Å²) in [4.78, 5) is 0. The Hall–Kier alpha value is -0.630. The summed E-state index contributed by atoms with van der Waals surface area (Å²) >= 11 is 5.85. The predicted octanol–water partition coefficient (Wildman–Crippen LogP) is 0.219. The highest BCUT2D eigenvalue weighted by Gasteiger charge is 2.37. The fourth-order valence-corrected chi connectivity index (χ4v) is 4.40. The fraction of sp³-hybridized carbons (Fsp3) is 0.667. The Morgan fingerprint density at radius 3 is 2.88 bits per heavy atom. The van der Waals surface area contributed by atoms with Gasteiger partial charge in [0.25, 0.3) is 10.0 Å². The van der Waals surface area contributed by atoms with Crippen LogP contribution in [0.2, 0.25) is 5.02 Å². The van der Waals surface area contributed by atoms with Crippen LogP contribution < -0.4 is 0 Å². The summed E-state index contributed by atoms with van der Waals surface area (Å²) in [6.45, 7) is 0.240. The van der Waals surface area contributed by atoms with Crippen molar-refractivity contribution in [1.82, 2.24) is 14.1 Å². The Kier molecular flexibility index (Phi) is 3.44. The summed E-state index contributed by atoms with van der Waals surface area (Å²) < 4.78 is 27.3. The monoisotopic (exact) mass is 279 g/mol. The van der Waals surface area contributed by atoms with Gasteiger partial charge in [0, 0.05) is 19.6 Å². The van der Waals surface area contributed by atoms with E-state index >= 15 is 0 Å². The molecule has 1 N–H and O–H groups in total. The maximum absolute atomic E-state index is 12.4. The van der Waals surface area contributed by atoms with Crippen LogP contribution in [-0.2, 0) is 17.1 Å². The van der Waals surface area contributed by atoms with Gasteiger partial charge < -0.3 is 5.11 Å². The minimum absolute atomic E-state index is 0.0143. The van der Waals surface area contributed by atoms with Crippen molar-refractivity contribution in [3.8, 4) is 0 Å². The number of aryl methyl sites for hydroxylation is 1. The van der Waals surface area contributed by atoms with Gasteiger partial charge >= 0.3 is 0 Å². The molecule has 8 heteroatoms. The number of aliphatic hydroxyl groups is 1. The van der Waals surface area contributed by atoms with Gasteiger partial charge in [-0.2, -0.15) is 9.40 Å². The second-order valence-electron chi connectivity index (χ2n) is 4.02. The van der Waals surface area contributed by atoms with Crippen LogP contribution in [0.3, 0.4) is 0 Å². The second-order valence-corrected chi connectivity index (χ2v) is 6.23. The van der Waals surface area contributed by atoms with Crippen molar-refractivity contribution in [2.45, 2.75) is 23.9 Å². The van der Waals surface area contributed by atoms with Crippen molar-refractivity contribution in [3.63, 3.8) is 0 Å². The summed E-state index contributed by atoms with van der Waals surface area (Å²) in [6.07, 6.45) is 2.73. The molecule has 0 saturated carbocycles. The summed E-state index contributed by atoms with van der Waals surface area (Å²) in [5.41, 5.74) is 0. The number of sulfonamides is 1. The van der Waals surface area contributed by atoms with E-state index in [0.717, 1.165) is 6.42 Å². The maximum Gasteiger partial charge on any atom is 0.262 e. The predicted molar refractivity (Wildman–Crippen MR) is 62.2 cm³/mol. The minimum Gasteiger partial charge on any atom is -0.395 e.